The van der Waals surface area contributed by atoms with Gasteiger partial charge in [-0.15, -0.1) is 11.3 Å². The zero-order chi connectivity index (χ0) is 40.7. The number of piperidine rings is 2. The number of rotatable bonds is 11. The van der Waals surface area contributed by atoms with E-state index in [0.717, 1.165) is 84.7 Å². The van der Waals surface area contributed by atoms with E-state index in [4.69, 9.17) is 4.98 Å². The summed E-state index contributed by atoms with van der Waals surface area (Å²) in [4.78, 5) is 80.9. The van der Waals surface area contributed by atoms with Crippen molar-refractivity contribution in [1.82, 2.24) is 30.1 Å². The van der Waals surface area contributed by atoms with Gasteiger partial charge in [-0.3, -0.25) is 34.2 Å². The number of aromatic nitrogens is 3. The van der Waals surface area contributed by atoms with Crippen molar-refractivity contribution in [3.05, 3.63) is 75.8 Å². The molecule has 0 spiro atoms. The van der Waals surface area contributed by atoms with Gasteiger partial charge in [0.2, 0.25) is 11.8 Å². The van der Waals surface area contributed by atoms with E-state index in [0.29, 0.717) is 52.6 Å². The largest absolute Gasteiger partial charge is 0.386 e. The number of likely N-dealkylation sites (tertiary alicyclic amines) is 1. The molecule has 2 saturated heterocycles. The molecular weight excluding hydrogens is 757 g/mol. The minimum atomic E-state index is -1.19. The second-order valence-electron chi connectivity index (χ2n) is 16.8. The highest BCUT2D eigenvalue weighted by atomic mass is 32.1. The van der Waals surface area contributed by atoms with Crippen LogP contribution in [0.25, 0.3) is 10.2 Å². The van der Waals surface area contributed by atoms with Gasteiger partial charge < -0.3 is 20.6 Å². The van der Waals surface area contributed by atoms with Crippen LogP contribution in [0.15, 0.2) is 42.6 Å². The summed E-state index contributed by atoms with van der Waals surface area (Å²) in [6.07, 6.45) is 9.45. The number of hydrogen-bond acceptors (Lipinski definition) is 12. The Bertz CT molecular complexity index is 2270. The molecule has 5 amide bonds. The summed E-state index contributed by atoms with van der Waals surface area (Å²) in [6, 6.07) is 9.60. The van der Waals surface area contributed by atoms with E-state index in [9.17, 15) is 29.1 Å². The van der Waals surface area contributed by atoms with E-state index >= 15 is 0 Å². The molecule has 2 aromatic carbocycles. The lowest BCUT2D eigenvalue weighted by Crippen LogP contribution is -2.54. The van der Waals surface area contributed by atoms with Crippen LogP contribution in [0.4, 0.5) is 11.4 Å². The molecular formula is C43H50N8O6S. The van der Waals surface area contributed by atoms with Gasteiger partial charge in [0.05, 0.1) is 32.0 Å². The third-order valence-electron chi connectivity index (χ3n) is 12.2. The molecule has 4 aromatic rings. The normalized spacial score (nSPS) is 22.0. The number of aliphatic hydroxyl groups is 1. The summed E-state index contributed by atoms with van der Waals surface area (Å²) in [5.41, 5.74) is 2.26. The second-order valence-corrected chi connectivity index (χ2v) is 17.8. The van der Waals surface area contributed by atoms with Crippen molar-refractivity contribution in [2.45, 2.75) is 96.1 Å². The van der Waals surface area contributed by atoms with Crippen molar-refractivity contribution < 1.29 is 29.1 Å². The van der Waals surface area contributed by atoms with E-state index in [1.54, 1.807) is 56.5 Å². The van der Waals surface area contributed by atoms with Gasteiger partial charge >= 0.3 is 0 Å². The first-order valence-electron chi connectivity index (χ1n) is 20.4. The molecule has 8 rings (SSSR count). The van der Waals surface area contributed by atoms with Crippen LogP contribution < -0.4 is 16.0 Å². The minimum absolute atomic E-state index is 0.0892. The zero-order valence-corrected chi connectivity index (χ0v) is 34.0. The lowest BCUT2D eigenvalue weighted by Gasteiger charge is -2.36. The zero-order valence-electron chi connectivity index (χ0n) is 33.2. The van der Waals surface area contributed by atoms with Crippen LogP contribution in [0.2, 0.25) is 0 Å². The van der Waals surface area contributed by atoms with Gasteiger partial charge in [-0.1, -0.05) is 6.07 Å². The van der Waals surface area contributed by atoms with Crippen LogP contribution in [0.5, 0.6) is 0 Å². The van der Waals surface area contributed by atoms with Crippen molar-refractivity contribution in [1.29, 1.82) is 0 Å². The SMILES string of the molecule is Cc1nccc(C(=O)Nc2cc3sc([C@H]4CC[C@H](CN5CCC(CCNc6cccc7c6C(=O)N(C6CCC(=O)NC6=O)C7=O)CC5)CC4)nc3cc2C(C)(C)O)n1. The fraction of sp³-hybridized carbons (Fsp3) is 0.488. The van der Waals surface area contributed by atoms with Crippen LogP contribution in [0.1, 0.15) is 125 Å². The lowest BCUT2D eigenvalue weighted by atomic mass is 9.81. The monoisotopic (exact) mass is 806 g/mol. The smallest absolute Gasteiger partial charge is 0.274 e. The van der Waals surface area contributed by atoms with E-state index in [1.807, 2.05) is 18.2 Å². The Labute approximate surface area is 341 Å². The summed E-state index contributed by atoms with van der Waals surface area (Å²) in [6.45, 7) is 9.07. The van der Waals surface area contributed by atoms with Crippen LogP contribution in [-0.4, -0.2) is 91.6 Å². The predicted molar refractivity (Wildman–Crippen MR) is 220 cm³/mol. The fourth-order valence-electron chi connectivity index (χ4n) is 9.03. The molecule has 5 heterocycles. The van der Waals surface area contributed by atoms with E-state index in [2.05, 4.69) is 30.8 Å². The van der Waals surface area contributed by atoms with Gasteiger partial charge in [-0.05, 0) is 127 Å². The molecule has 1 aliphatic carbocycles. The molecule has 1 atom stereocenters. The Kier molecular flexibility index (Phi) is 11.1. The number of amides is 5. The maximum atomic E-state index is 13.4. The van der Waals surface area contributed by atoms with E-state index < -0.39 is 35.3 Å². The Balaban J connectivity index is 0.805. The van der Waals surface area contributed by atoms with Crippen molar-refractivity contribution in [3.63, 3.8) is 0 Å². The maximum absolute atomic E-state index is 13.4. The number of hydrogen-bond donors (Lipinski definition) is 4. The van der Waals surface area contributed by atoms with Crippen molar-refractivity contribution in [3.8, 4) is 0 Å². The molecule has 3 aliphatic heterocycles. The summed E-state index contributed by atoms with van der Waals surface area (Å²) in [5, 5.41) is 20.8. The molecule has 1 unspecified atom stereocenters. The van der Waals surface area contributed by atoms with Crippen LogP contribution >= 0.6 is 11.3 Å². The van der Waals surface area contributed by atoms with Gasteiger partial charge in [-0.25, -0.2) is 15.0 Å². The second kappa shape index (κ2) is 16.3. The third kappa shape index (κ3) is 8.25. The van der Waals surface area contributed by atoms with Crippen LogP contribution in [0, 0.1) is 18.8 Å². The van der Waals surface area contributed by atoms with E-state index in [-0.39, 0.29) is 30.0 Å². The standard InChI is InChI=1S/C43H50N8O6S/c1-24-44-18-14-31(46-24)38(53)47-32-22-35-33(21-29(32)43(2,3)57)48-40(58-35)27-9-7-26(8-10-27)23-50-19-15-25(16-20-50)13-17-45-30-6-4-5-28-37(30)42(56)51(41(28)55)34-11-12-36(52)49-39(34)54/h4-6,14,18,21-22,25-27,34,45,57H,7-13,15-17,19-20,23H2,1-3H3,(H,47,53)(H,49,52,54)/t26-,27-,34?. The van der Waals surface area contributed by atoms with Gasteiger partial charge in [0.1, 0.15) is 17.6 Å². The number of nitrogens with one attached hydrogen (secondary N) is 3. The third-order valence-corrected chi connectivity index (χ3v) is 13.4. The highest BCUT2D eigenvalue weighted by Gasteiger charge is 2.45. The van der Waals surface area contributed by atoms with Crippen molar-refractivity contribution in [2.75, 3.05) is 36.8 Å². The Morgan fingerprint density at radius 1 is 0.948 bits per heavy atom. The minimum Gasteiger partial charge on any atom is -0.386 e. The average Bonchev–Trinajstić information content (AvgIpc) is 3.73. The molecule has 14 nitrogen and oxygen atoms in total. The number of nitrogens with zero attached hydrogens (tertiary/aromatic N) is 5. The van der Waals surface area contributed by atoms with E-state index in [1.165, 1.54) is 0 Å². The number of fused-ring (bicyclic) bond motifs is 2. The van der Waals surface area contributed by atoms with Crippen LogP contribution in [-0.2, 0) is 15.2 Å². The number of carbonyl (C=O) groups excluding carboxylic acids is 5. The molecule has 15 heteroatoms. The predicted octanol–water partition coefficient (Wildman–Crippen LogP) is 5.76. The topological polar surface area (TPSA) is 187 Å². The number of anilines is 2. The molecule has 3 fully saturated rings. The number of benzene rings is 2. The van der Waals surface area contributed by atoms with Crippen LogP contribution in [0.3, 0.4) is 0 Å². The summed E-state index contributed by atoms with van der Waals surface area (Å²) < 4.78 is 0.977. The first-order chi connectivity index (χ1) is 27.8. The first-order valence-corrected chi connectivity index (χ1v) is 21.2. The lowest BCUT2D eigenvalue weighted by molar-refractivity contribution is -0.136. The molecule has 0 radical (unpaired) electrons. The fourth-order valence-corrected chi connectivity index (χ4v) is 10.2. The average molecular weight is 807 g/mol. The highest BCUT2D eigenvalue weighted by Crippen LogP contribution is 2.42. The molecule has 2 aromatic heterocycles. The quantitative estimate of drug-likeness (QED) is 0.135. The van der Waals surface area contributed by atoms with Gasteiger partial charge in [-0.2, -0.15) is 0 Å². The molecule has 4 N–H and O–H groups in total. The number of thiazole rings is 1. The van der Waals surface area contributed by atoms with Gasteiger partial charge in [0.15, 0.2) is 0 Å². The summed E-state index contributed by atoms with van der Waals surface area (Å²) in [5.74, 6) is -0.230. The number of imide groups is 2. The van der Waals surface area contributed by atoms with Crippen molar-refractivity contribution >= 4 is 62.5 Å². The summed E-state index contributed by atoms with van der Waals surface area (Å²) >= 11 is 1.67. The molecule has 0 bridgehead atoms. The number of carbonyl (C=O) groups is 5. The maximum Gasteiger partial charge on any atom is 0.274 e. The first kappa shape index (κ1) is 39.7. The Morgan fingerprint density at radius 2 is 1.72 bits per heavy atom. The molecule has 58 heavy (non-hydrogen) atoms. The highest BCUT2D eigenvalue weighted by molar-refractivity contribution is 7.18. The number of aryl methyl sites for hydroxylation is 1. The van der Waals surface area contributed by atoms with Gasteiger partial charge in [0.25, 0.3) is 17.7 Å². The Hall–Kier alpha value is -5.12. The van der Waals surface area contributed by atoms with Gasteiger partial charge in [0, 0.05) is 48.6 Å². The molecule has 1 saturated carbocycles. The van der Waals surface area contributed by atoms with Crippen molar-refractivity contribution in [2.24, 2.45) is 11.8 Å². The summed E-state index contributed by atoms with van der Waals surface area (Å²) in [7, 11) is 0. The molecule has 4 aliphatic rings. The molecule has 304 valence electrons. The Morgan fingerprint density at radius 3 is 2.45 bits per heavy atom.